The second kappa shape index (κ2) is 8.80. The van der Waals surface area contributed by atoms with E-state index in [9.17, 15) is 4.79 Å². The second-order valence-electron chi connectivity index (χ2n) is 5.27. The highest BCUT2D eigenvalue weighted by molar-refractivity contribution is 5.79. The molecule has 0 saturated carbocycles. The van der Waals surface area contributed by atoms with Gasteiger partial charge in [-0.15, -0.1) is 0 Å². The van der Waals surface area contributed by atoms with Gasteiger partial charge >= 0.3 is 0 Å². The lowest BCUT2D eigenvalue weighted by molar-refractivity contribution is -0.120. The Hall–Kier alpha value is -2.53. The SMILES string of the molecule is NCCOc1ccc(CC(=O)NCCc2ccccc2)cc1N. The number of anilines is 1. The Labute approximate surface area is 136 Å². The molecule has 5 N–H and O–H groups in total. The average Bonchev–Trinajstić information content (AvgIpc) is 2.55. The van der Waals surface area contributed by atoms with Gasteiger partial charge in [-0.25, -0.2) is 0 Å². The quantitative estimate of drug-likeness (QED) is 0.644. The van der Waals surface area contributed by atoms with Crippen LogP contribution in [0.5, 0.6) is 5.75 Å². The molecule has 1 amide bonds. The maximum absolute atomic E-state index is 12.0. The van der Waals surface area contributed by atoms with E-state index in [0.717, 1.165) is 12.0 Å². The van der Waals surface area contributed by atoms with Gasteiger partial charge in [-0.2, -0.15) is 0 Å². The molecule has 0 heterocycles. The monoisotopic (exact) mass is 313 g/mol. The molecule has 0 aliphatic carbocycles. The van der Waals surface area contributed by atoms with Crippen LogP contribution in [0.4, 0.5) is 5.69 Å². The summed E-state index contributed by atoms with van der Waals surface area (Å²) in [7, 11) is 0. The third kappa shape index (κ3) is 5.64. The minimum atomic E-state index is -0.0176. The molecule has 122 valence electrons. The molecule has 5 heteroatoms. The van der Waals surface area contributed by atoms with Crippen molar-refractivity contribution in [2.75, 3.05) is 25.4 Å². The van der Waals surface area contributed by atoms with Gasteiger partial charge in [0.05, 0.1) is 12.1 Å². The van der Waals surface area contributed by atoms with Crippen molar-refractivity contribution in [3.05, 3.63) is 59.7 Å². The number of hydrogen-bond acceptors (Lipinski definition) is 4. The molecule has 0 radical (unpaired) electrons. The number of amides is 1. The van der Waals surface area contributed by atoms with E-state index in [0.29, 0.717) is 37.6 Å². The fraction of sp³-hybridized carbons (Fsp3) is 0.278. The average molecular weight is 313 g/mol. The van der Waals surface area contributed by atoms with Crippen LogP contribution in [0.1, 0.15) is 11.1 Å². The number of rotatable bonds is 8. The van der Waals surface area contributed by atoms with Gasteiger partial charge in [-0.1, -0.05) is 36.4 Å². The molecule has 5 nitrogen and oxygen atoms in total. The molecule has 0 saturated heterocycles. The van der Waals surface area contributed by atoms with Crippen molar-refractivity contribution in [2.24, 2.45) is 5.73 Å². The van der Waals surface area contributed by atoms with E-state index in [4.69, 9.17) is 16.2 Å². The Kier molecular flexibility index (Phi) is 6.44. The van der Waals surface area contributed by atoms with E-state index in [2.05, 4.69) is 5.32 Å². The number of ether oxygens (including phenoxy) is 1. The molecule has 0 bridgehead atoms. The third-order valence-corrected chi connectivity index (χ3v) is 3.39. The second-order valence-corrected chi connectivity index (χ2v) is 5.27. The number of nitrogens with one attached hydrogen (secondary N) is 1. The minimum absolute atomic E-state index is 0.0176. The molecule has 2 aromatic carbocycles. The zero-order chi connectivity index (χ0) is 16.5. The lowest BCUT2D eigenvalue weighted by atomic mass is 10.1. The van der Waals surface area contributed by atoms with Crippen LogP contribution in [0.15, 0.2) is 48.5 Å². The third-order valence-electron chi connectivity index (χ3n) is 3.39. The smallest absolute Gasteiger partial charge is 0.224 e. The lowest BCUT2D eigenvalue weighted by Gasteiger charge is -2.10. The first-order chi connectivity index (χ1) is 11.2. The normalized spacial score (nSPS) is 10.3. The standard InChI is InChI=1S/C18H23N3O2/c19-9-11-23-17-7-6-15(12-16(17)20)13-18(22)21-10-8-14-4-2-1-3-5-14/h1-7,12H,8-11,13,19-20H2,(H,21,22). The summed E-state index contributed by atoms with van der Waals surface area (Å²) in [4.78, 5) is 12.0. The topological polar surface area (TPSA) is 90.4 Å². The molecule has 23 heavy (non-hydrogen) atoms. The zero-order valence-electron chi connectivity index (χ0n) is 13.1. The van der Waals surface area contributed by atoms with Crippen molar-refractivity contribution in [3.8, 4) is 5.75 Å². The fourth-order valence-corrected chi connectivity index (χ4v) is 2.25. The molecule has 0 aliphatic rings. The molecule has 0 spiro atoms. The van der Waals surface area contributed by atoms with Gasteiger partial charge in [-0.05, 0) is 29.7 Å². The number of carbonyl (C=O) groups excluding carboxylic acids is 1. The highest BCUT2D eigenvalue weighted by Crippen LogP contribution is 2.22. The van der Waals surface area contributed by atoms with E-state index in [1.807, 2.05) is 36.4 Å². The number of nitrogens with two attached hydrogens (primary N) is 2. The maximum atomic E-state index is 12.0. The van der Waals surface area contributed by atoms with Crippen LogP contribution in [0.3, 0.4) is 0 Å². The van der Waals surface area contributed by atoms with E-state index >= 15 is 0 Å². The maximum Gasteiger partial charge on any atom is 0.224 e. The predicted octanol–water partition coefficient (Wildman–Crippen LogP) is 1.51. The Morgan fingerprint density at radius 2 is 1.87 bits per heavy atom. The molecule has 2 rings (SSSR count). The first-order valence-corrected chi connectivity index (χ1v) is 7.71. The van der Waals surface area contributed by atoms with Crippen molar-refractivity contribution >= 4 is 11.6 Å². The van der Waals surface area contributed by atoms with Crippen molar-refractivity contribution < 1.29 is 9.53 Å². The first-order valence-electron chi connectivity index (χ1n) is 7.71. The Morgan fingerprint density at radius 1 is 1.09 bits per heavy atom. The molecule has 0 fully saturated rings. The Bertz CT molecular complexity index is 629. The summed E-state index contributed by atoms with van der Waals surface area (Å²) in [5.41, 5.74) is 13.9. The van der Waals surface area contributed by atoms with E-state index < -0.39 is 0 Å². The molecule has 0 aromatic heterocycles. The largest absolute Gasteiger partial charge is 0.490 e. The summed E-state index contributed by atoms with van der Waals surface area (Å²) in [6, 6.07) is 15.5. The summed E-state index contributed by atoms with van der Waals surface area (Å²) in [6.07, 6.45) is 1.12. The van der Waals surface area contributed by atoms with Crippen LogP contribution in [0.2, 0.25) is 0 Å². The fourth-order valence-electron chi connectivity index (χ4n) is 2.25. The summed E-state index contributed by atoms with van der Waals surface area (Å²) >= 11 is 0. The summed E-state index contributed by atoms with van der Waals surface area (Å²) in [5.74, 6) is 0.583. The van der Waals surface area contributed by atoms with Crippen LogP contribution in [-0.2, 0) is 17.6 Å². The van der Waals surface area contributed by atoms with Gasteiger partial charge in [0.25, 0.3) is 0 Å². The van der Waals surface area contributed by atoms with E-state index in [1.165, 1.54) is 5.56 Å². The van der Waals surface area contributed by atoms with Gasteiger partial charge in [0.2, 0.25) is 5.91 Å². The first kappa shape index (κ1) is 16.8. The highest BCUT2D eigenvalue weighted by atomic mass is 16.5. The molecule has 0 atom stereocenters. The predicted molar refractivity (Wildman–Crippen MR) is 92.3 cm³/mol. The summed E-state index contributed by atoms with van der Waals surface area (Å²) in [6.45, 7) is 1.48. The molecule has 2 aromatic rings. The molecular weight excluding hydrogens is 290 g/mol. The molecular formula is C18H23N3O2. The van der Waals surface area contributed by atoms with Crippen molar-refractivity contribution in [3.63, 3.8) is 0 Å². The van der Waals surface area contributed by atoms with Gasteiger partial charge in [-0.3, -0.25) is 4.79 Å². The number of carbonyl (C=O) groups is 1. The van der Waals surface area contributed by atoms with Crippen LogP contribution in [0.25, 0.3) is 0 Å². The van der Waals surface area contributed by atoms with E-state index in [-0.39, 0.29) is 5.91 Å². The van der Waals surface area contributed by atoms with Gasteiger partial charge < -0.3 is 21.5 Å². The Balaban J connectivity index is 1.79. The number of hydrogen-bond donors (Lipinski definition) is 3. The van der Waals surface area contributed by atoms with Gasteiger partial charge in [0.1, 0.15) is 12.4 Å². The highest BCUT2D eigenvalue weighted by Gasteiger charge is 2.06. The Morgan fingerprint density at radius 3 is 2.57 bits per heavy atom. The van der Waals surface area contributed by atoms with Gasteiger partial charge in [0.15, 0.2) is 0 Å². The summed E-state index contributed by atoms with van der Waals surface area (Å²) in [5, 5.41) is 2.92. The van der Waals surface area contributed by atoms with Gasteiger partial charge in [0, 0.05) is 13.1 Å². The number of benzene rings is 2. The van der Waals surface area contributed by atoms with Crippen molar-refractivity contribution in [2.45, 2.75) is 12.8 Å². The molecule has 0 unspecified atom stereocenters. The lowest BCUT2D eigenvalue weighted by Crippen LogP contribution is -2.27. The van der Waals surface area contributed by atoms with Crippen LogP contribution >= 0.6 is 0 Å². The zero-order valence-corrected chi connectivity index (χ0v) is 13.1. The van der Waals surface area contributed by atoms with Crippen molar-refractivity contribution in [1.29, 1.82) is 0 Å². The van der Waals surface area contributed by atoms with Crippen molar-refractivity contribution in [1.82, 2.24) is 5.32 Å². The molecule has 0 aliphatic heterocycles. The van der Waals surface area contributed by atoms with Crippen LogP contribution in [-0.4, -0.2) is 25.6 Å². The van der Waals surface area contributed by atoms with E-state index in [1.54, 1.807) is 12.1 Å². The van der Waals surface area contributed by atoms with Crippen LogP contribution in [0, 0.1) is 0 Å². The minimum Gasteiger partial charge on any atom is -0.490 e. The van der Waals surface area contributed by atoms with Crippen LogP contribution < -0.4 is 21.5 Å². The summed E-state index contributed by atoms with van der Waals surface area (Å²) < 4.78 is 5.41. The number of nitrogen functional groups attached to an aromatic ring is 1.